The lowest BCUT2D eigenvalue weighted by Crippen LogP contribution is -2.38. The summed E-state index contributed by atoms with van der Waals surface area (Å²) in [6.07, 6.45) is 3.28. The molecule has 4 rings (SSSR count). The number of hydrogen-bond acceptors (Lipinski definition) is 4. The number of methoxy groups -OCH3 is 1. The van der Waals surface area contributed by atoms with Crippen LogP contribution in [0.1, 0.15) is 48.4 Å². The Balaban J connectivity index is 1.61. The number of amides is 2. The zero-order chi connectivity index (χ0) is 21.8. The van der Waals surface area contributed by atoms with Crippen molar-refractivity contribution in [1.82, 2.24) is 19.8 Å². The molecule has 7 heteroatoms. The average molecular weight is 421 g/mol. The third kappa shape index (κ3) is 4.40. The number of hydrogen-bond donors (Lipinski definition) is 1. The van der Waals surface area contributed by atoms with Crippen LogP contribution in [0.3, 0.4) is 0 Å². The topological polar surface area (TPSA) is 76.5 Å². The van der Waals surface area contributed by atoms with Crippen molar-refractivity contribution in [2.45, 2.75) is 38.8 Å². The van der Waals surface area contributed by atoms with Gasteiger partial charge in [0, 0.05) is 13.1 Å². The maximum absolute atomic E-state index is 13.0. The first-order valence-corrected chi connectivity index (χ1v) is 10.8. The van der Waals surface area contributed by atoms with Gasteiger partial charge in [-0.1, -0.05) is 24.3 Å². The first-order valence-electron chi connectivity index (χ1n) is 10.8. The fraction of sp³-hybridized carbons (Fsp3) is 0.375. The summed E-state index contributed by atoms with van der Waals surface area (Å²) in [5.41, 5.74) is 2.16. The number of imidazole rings is 1. The number of benzene rings is 2. The van der Waals surface area contributed by atoms with Gasteiger partial charge >= 0.3 is 0 Å². The zero-order valence-corrected chi connectivity index (χ0v) is 18.0. The maximum atomic E-state index is 13.0. The number of nitrogens with one attached hydrogen (secondary N) is 1. The van der Waals surface area contributed by atoms with E-state index < -0.39 is 0 Å². The first-order chi connectivity index (χ1) is 15.1. The Labute approximate surface area is 182 Å². The summed E-state index contributed by atoms with van der Waals surface area (Å²) < 4.78 is 7.24. The van der Waals surface area contributed by atoms with Gasteiger partial charge < -0.3 is 19.5 Å². The number of rotatable bonds is 6. The zero-order valence-electron chi connectivity index (χ0n) is 18.0. The van der Waals surface area contributed by atoms with Gasteiger partial charge in [0.15, 0.2) is 0 Å². The molecule has 2 heterocycles. The number of likely N-dealkylation sites (tertiary alicyclic amines) is 1. The molecular weight excluding hydrogens is 392 g/mol. The van der Waals surface area contributed by atoms with Crippen LogP contribution in [0.15, 0.2) is 48.5 Å². The van der Waals surface area contributed by atoms with E-state index in [9.17, 15) is 9.59 Å². The molecule has 2 aromatic carbocycles. The predicted octanol–water partition coefficient (Wildman–Crippen LogP) is 3.55. The van der Waals surface area contributed by atoms with Gasteiger partial charge in [-0.25, -0.2) is 4.98 Å². The average Bonchev–Trinajstić information content (AvgIpc) is 3.18. The van der Waals surface area contributed by atoms with Gasteiger partial charge in [-0.3, -0.25) is 9.59 Å². The van der Waals surface area contributed by atoms with Gasteiger partial charge in [-0.05, 0) is 50.5 Å². The van der Waals surface area contributed by atoms with E-state index in [4.69, 9.17) is 9.72 Å². The maximum Gasteiger partial charge on any atom is 0.255 e. The van der Waals surface area contributed by atoms with Crippen LogP contribution in [-0.4, -0.2) is 46.5 Å². The second kappa shape index (κ2) is 9.20. The molecule has 1 atom stereocenters. The van der Waals surface area contributed by atoms with Crippen LogP contribution in [0, 0.1) is 0 Å². The molecule has 1 saturated heterocycles. The van der Waals surface area contributed by atoms with E-state index in [-0.39, 0.29) is 24.4 Å². The number of fused-ring (bicyclic) bond motifs is 1. The Morgan fingerprint density at radius 3 is 2.55 bits per heavy atom. The van der Waals surface area contributed by atoms with Crippen molar-refractivity contribution in [2.24, 2.45) is 0 Å². The second-order valence-electron chi connectivity index (χ2n) is 7.88. The fourth-order valence-electron chi connectivity index (χ4n) is 4.14. The smallest absolute Gasteiger partial charge is 0.255 e. The molecule has 31 heavy (non-hydrogen) atoms. The largest absolute Gasteiger partial charge is 0.496 e. The number of carbonyl (C=O) groups is 2. The van der Waals surface area contributed by atoms with Crippen molar-refractivity contribution in [3.05, 3.63) is 59.9 Å². The summed E-state index contributed by atoms with van der Waals surface area (Å²) in [5.74, 6) is 1.02. The van der Waals surface area contributed by atoms with E-state index in [1.165, 1.54) is 6.42 Å². The Hall–Kier alpha value is -3.35. The molecule has 3 aromatic rings. The summed E-state index contributed by atoms with van der Waals surface area (Å²) in [6, 6.07) is 14.5. The van der Waals surface area contributed by atoms with E-state index in [0.717, 1.165) is 37.0 Å². The van der Waals surface area contributed by atoms with Crippen LogP contribution < -0.4 is 10.1 Å². The summed E-state index contributed by atoms with van der Waals surface area (Å²) >= 11 is 0. The third-order valence-electron chi connectivity index (χ3n) is 5.77. The molecule has 2 amide bonds. The summed E-state index contributed by atoms with van der Waals surface area (Å²) in [5, 5.41) is 3.01. The number of para-hydroxylation sites is 3. The van der Waals surface area contributed by atoms with Crippen molar-refractivity contribution < 1.29 is 14.3 Å². The molecule has 1 aromatic heterocycles. The van der Waals surface area contributed by atoms with E-state index in [1.54, 1.807) is 25.3 Å². The molecule has 0 radical (unpaired) electrons. The highest BCUT2D eigenvalue weighted by atomic mass is 16.5. The molecule has 0 saturated carbocycles. The molecular formula is C24H28N4O3. The number of piperidine rings is 1. The van der Waals surface area contributed by atoms with Gasteiger partial charge in [-0.2, -0.15) is 0 Å². The summed E-state index contributed by atoms with van der Waals surface area (Å²) in [6.45, 7) is 3.71. The number of ether oxygens (including phenoxy) is 1. The summed E-state index contributed by atoms with van der Waals surface area (Å²) in [4.78, 5) is 32.6. The minimum absolute atomic E-state index is 0.0901. The van der Waals surface area contributed by atoms with Gasteiger partial charge in [0.05, 0.1) is 29.7 Å². The molecule has 1 fully saturated rings. The number of aromatic nitrogens is 2. The van der Waals surface area contributed by atoms with Gasteiger partial charge in [0.2, 0.25) is 5.91 Å². The molecule has 0 aliphatic carbocycles. The SMILES string of the molecule is COc1ccccc1C(=O)NC(C)c1nc2ccccc2n1CC(=O)N1CCCCC1. The quantitative estimate of drug-likeness (QED) is 0.662. The lowest BCUT2D eigenvalue weighted by atomic mass is 10.1. The standard InChI is InChI=1S/C24H28N4O3/c1-17(25-24(30)18-10-4-7-13-21(18)31-2)23-26-19-11-5-6-12-20(19)28(23)16-22(29)27-14-8-3-9-15-27/h4-7,10-13,17H,3,8-9,14-16H2,1-2H3,(H,25,30). The lowest BCUT2D eigenvalue weighted by Gasteiger charge is -2.27. The molecule has 1 aliphatic rings. The van der Waals surface area contributed by atoms with Crippen molar-refractivity contribution in [2.75, 3.05) is 20.2 Å². The normalized spacial score (nSPS) is 15.0. The Morgan fingerprint density at radius 2 is 1.77 bits per heavy atom. The second-order valence-corrected chi connectivity index (χ2v) is 7.88. The molecule has 0 bridgehead atoms. The van der Waals surface area contributed by atoms with Crippen LogP contribution in [0.25, 0.3) is 11.0 Å². The van der Waals surface area contributed by atoms with Crippen molar-refractivity contribution >= 4 is 22.8 Å². The van der Waals surface area contributed by atoms with Crippen LogP contribution >= 0.6 is 0 Å². The van der Waals surface area contributed by atoms with E-state index in [0.29, 0.717) is 17.1 Å². The highest BCUT2D eigenvalue weighted by Crippen LogP contribution is 2.23. The van der Waals surface area contributed by atoms with Crippen LogP contribution in [0.4, 0.5) is 0 Å². The third-order valence-corrected chi connectivity index (χ3v) is 5.77. The highest BCUT2D eigenvalue weighted by molar-refractivity contribution is 5.97. The van der Waals surface area contributed by atoms with E-state index in [2.05, 4.69) is 5.32 Å². The Bertz CT molecular complexity index is 1090. The minimum Gasteiger partial charge on any atom is -0.496 e. The fourth-order valence-corrected chi connectivity index (χ4v) is 4.14. The molecule has 1 N–H and O–H groups in total. The Morgan fingerprint density at radius 1 is 1.06 bits per heavy atom. The predicted molar refractivity (Wildman–Crippen MR) is 119 cm³/mol. The number of nitrogens with zero attached hydrogens (tertiary/aromatic N) is 3. The van der Waals surface area contributed by atoms with Crippen molar-refractivity contribution in [3.63, 3.8) is 0 Å². The molecule has 1 unspecified atom stereocenters. The molecule has 7 nitrogen and oxygen atoms in total. The highest BCUT2D eigenvalue weighted by Gasteiger charge is 2.24. The number of carbonyl (C=O) groups excluding carboxylic acids is 2. The van der Waals surface area contributed by atoms with Gasteiger partial charge in [-0.15, -0.1) is 0 Å². The minimum atomic E-state index is -0.390. The van der Waals surface area contributed by atoms with Crippen LogP contribution in [0.5, 0.6) is 5.75 Å². The molecule has 162 valence electrons. The first kappa shape index (κ1) is 20.9. The Kier molecular flexibility index (Phi) is 6.21. The van der Waals surface area contributed by atoms with Crippen molar-refractivity contribution in [1.29, 1.82) is 0 Å². The van der Waals surface area contributed by atoms with Gasteiger partial charge in [0.1, 0.15) is 18.1 Å². The van der Waals surface area contributed by atoms with Crippen molar-refractivity contribution in [3.8, 4) is 5.75 Å². The van der Waals surface area contributed by atoms with E-state index in [1.807, 2.05) is 46.7 Å². The van der Waals surface area contributed by atoms with E-state index >= 15 is 0 Å². The summed E-state index contributed by atoms with van der Waals surface area (Å²) in [7, 11) is 1.54. The lowest BCUT2D eigenvalue weighted by molar-refractivity contribution is -0.132. The van der Waals surface area contributed by atoms with Crippen LogP contribution in [0.2, 0.25) is 0 Å². The monoisotopic (exact) mass is 420 g/mol. The van der Waals surface area contributed by atoms with Crippen LogP contribution in [-0.2, 0) is 11.3 Å². The molecule has 0 spiro atoms. The molecule has 1 aliphatic heterocycles. The van der Waals surface area contributed by atoms with Gasteiger partial charge in [0.25, 0.3) is 5.91 Å².